The molecule has 0 atom stereocenters. The van der Waals surface area contributed by atoms with Crippen LogP contribution in [-0.4, -0.2) is 64.0 Å². The number of aliphatic imine (C=N–C) groups is 1. The molecule has 0 unspecified atom stereocenters. The molecule has 0 aliphatic carbocycles. The van der Waals surface area contributed by atoms with Crippen molar-refractivity contribution in [3.05, 3.63) is 0 Å². The molecule has 0 saturated carbocycles. The van der Waals surface area contributed by atoms with E-state index in [4.69, 9.17) is 9.47 Å². The SMILES string of the molecule is CCCCOCCOCCNC(=NCCCSC)NCC.I. The topological polar surface area (TPSA) is 54.9 Å². The van der Waals surface area contributed by atoms with Gasteiger partial charge in [-0.25, -0.2) is 0 Å². The Balaban J connectivity index is 0. The summed E-state index contributed by atoms with van der Waals surface area (Å²) < 4.78 is 10.9. The van der Waals surface area contributed by atoms with Crippen LogP contribution in [-0.2, 0) is 9.47 Å². The molecule has 0 spiro atoms. The molecule has 0 radical (unpaired) electrons. The van der Waals surface area contributed by atoms with Crippen molar-refractivity contribution in [1.29, 1.82) is 0 Å². The predicted octanol–water partition coefficient (Wildman–Crippen LogP) is 2.75. The van der Waals surface area contributed by atoms with E-state index in [0.717, 1.165) is 50.8 Å². The average Bonchev–Trinajstić information content (AvgIpc) is 2.49. The lowest BCUT2D eigenvalue weighted by atomic mass is 10.4. The lowest BCUT2D eigenvalue weighted by molar-refractivity contribution is 0.0487. The Morgan fingerprint density at radius 3 is 2.36 bits per heavy atom. The van der Waals surface area contributed by atoms with E-state index in [1.807, 2.05) is 11.8 Å². The van der Waals surface area contributed by atoms with Crippen LogP contribution in [0.3, 0.4) is 0 Å². The molecule has 0 saturated heterocycles. The van der Waals surface area contributed by atoms with Crippen molar-refractivity contribution in [2.45, 2.75) is 33.1 Å². The van der Waals surface area contributed by atoms with Crippen molar-refractivity contribution >= 4 is 41.7 Å². The Labute approximate surface area is 157 Å². The Kier molecular flexibility index (Phi) is 23.7. The van der Waals surface area contributed by atoms with Crippen molar-refractivity contribution in [3.8, 4) is 0 Å². The van der Waals surface area contributed by atoms with Crippen molar-refractivity contribution in [1.82, 2.24) is 10.6 Å². The summed E-state index contributed by atoms with van der Waals surface area (Å²) in [6.45, 7) is 9.60. The van der Waals surface area contributed by atoms with Crippen LogP contribution in [0.15, 0.2) is 4.99 Å². The Morgan fingerprint density at radius 1 is 1.00 bits per heavy atom. The predicted molar refractivity (Wildman–Crippen MR) is 109 cm³/mol. The van der Waals surface area contributed by atoms with E-state index < -0.39 is 0 Å². The van der Waals surface area contributed by atoms with Gasteiger partial charge in [0.25, 0.3) is 0 Å². The van der Waals surface area contributed by atoms with Crippen LogP contribution in [0.4, 0.5) is 0 Å². The van der Waals surface area contributed by atoms with Gasteiger partial charge in [0, 0.05) is 26.2 Å². The van der Waals surface area contributed by atoms with Gasteiger partial charge in [0.05, 0.1) is 19.8 Å². The number of ether oxygens (including phenoxy) is 2. The van der Waals surface area contributed by atoms with E-state index in [-0.39, 0.29) is 24.0 Å². The Hall–Kier alpha value is 0.270. The lowest BCUT2D eigenvalue weighted by Gasteiger charge is -2.11. The number of rotatable bonds is 14. The zero-order valence-electron chi connectivity index (χ0n) is 14.4. The molecule has 0 amide bonds. The summed E-state index contributed by atoms with van der Waals surface area (Å²) in [6.07, 6.45) is 5.54. The summed E-state index contributed by atoms with van der Waals surface area (Å²) in [5.41, 5.74) is 0. The van der Waals surface area contributed by atoms with Crippen LogP contribution in [0.1, 0.15) is 33.1 Å². The third kappa shape index (κ3) is 18.3. The van der Waals surface area contributed by atoms with E-state index in [2.05, 4.69) is 35.7 Å². The van der Waals surface area contributed by atoms with Gasteiger partial charge in [0.15, 0.2) is 5.96 Å². The molecule has 134 valence electrons. The van der Waals surface area contributed by atoms with Gasteiger partial charge in [-0.05, 0) is 31.8 Å². The summed E-state index contributed by atoms with van der Waals surface area (Å²) in [5.74, 6) is 2.03. The molecule has 0 aliphatic heterocycles. The van der Waals surface area contributed by atoms with Gasteiger partial charge < -0.3 is 20.1 Å². The third-order valence-corrected chi connectivity index (χ3v) is 3.37. The quantitative estimate of drug-likeness (QED) is 0.186. The van der Waals surface area contributed by atoms with E-state index in [1.165, 1.54) is 6.42 Å². The van der Waals surface area contributed by atoms with E-state index in [9.17, 15) is 0 Å². The maximum absolute atomic E-state index is 5.51. The minimum atomic E-state index is 0. The second kappa shape index (κ2) is 21.3. The number of nitrogens with one attached hydrogen (secondary N) is 2. The van der Waals surface area contributed by atoms with Crippen LogP contribution >= 0.6 is 35.7 Å². The van der Waals surface area contributed by atoms with Crippen molar-refractivity contribution in [3.63, 3.8) is 0 Å². The van der Waals surface area contributed by atoms with E-state index in [0.29, 0.717) is 19.8 Å². The third-order valence-electron chi connectivity index (χ3n) is 2.67. The van der Waals surface area contributed by atoms with Crippen LogP contribution in [0, 0.1) is 0 Å². The highest BCUT2D eigenvalue weighted by molar-refractivity contribution is 14.0. The highest BCUT2D eigenvalue weighted by Crippen LogP contribution is 1.94. The highest BCUT2D eigenvalue weighted by Gasteiger charge is 1.96. The molecule has 0 aliphatic rings. The molecule has 0 aromatic carbocycles. The van der Waals surface area contributed by atoms with Crippen LogP contribution in [0.5, 0.6) is 0 Å². The number of hydrogen-bond donors (Lipinski definition) is 2. The lowest BCUT2D eigenvalue weighted by Crippen LogP contribution is -2.39. The molecule has 0 bridgehead atoms. The van der Waals surface area contributed by atoms with E-state index >= 15 is 0 Å². The fourth-order valence-corrected chi connectivity index (χ4v) is 1.97. The first-order chi connectivity index (χ1) is 10.3. The molecule has 2 N–H and O–H groups in total. The first kappa shape index (κ1) is 24.5. The summed E-state index contributed by atoms with van der Waals surface area (Å²) in [7, 11) is 0. The molecule has 0 aromatic heterocycles. The minimum absolute atomic E-state index is 0. The number of nitrogens with zero attached hydrogens (tertiary/aromatic N) is 1. The number of hydrogen-bond acceptors (Lipinski definition) is 4. The van der Waals surface area contributed by atoms with Gasteiger partial charge in [0.2, 0.25) is 0 Å². The van der Waals surface area contributed by atoms with Gasteiger partial charge in [-0.3, -0.25) is 4.99 Å². The molecule has 0 heterocycles. The average molecular weight is 447 g/mol. The number of guanidine groups is 1. The van der Waals surface area contributed by atoms with Gasteiger partial charge in [-0.15, -0.1) is 24.0 Å². The molecule has 0 rings (SSSR count). The smallest absolute Gasteiger partial charge is 0.191 e. The number of halogens is 1. The second-order valence-electron chi connectivity index (χ2n) is 4.61. The Bertz CT molecular complexity index is 247. The molecular weight excluding hydrogens is 413 g/mol. The molecule has 22 heavy (non-hydrogen) atoms. The second-order valence-corrected chi connectivity index (χ2v) is 5.60. The van der Waals surface area contributed by atoms with E-state index in [1.54, 1.807) is 0 Å². The molecule has 7 heteroatoms. The first-order valence-electron chi connectivity index (χ1n) is 8.01. The zero-order valence-corrected chi connectivity index (χ0v) is 17.5. The largest absolute Gasteiger partial charge is 0.379 e. The van der Waals surface area contributed by atoms with Crippen molar-refractivity contribution in [2.75, 3.05) is 58.1 Å². The van der Waals surface area contributed by atoms with Gasteiger partial charge in [0.1, 0.15) is 0 Å². The molecule has 0 fully saturated rings. The summed E-state index contributed by atoms with van der Waals surface area (Å²) in [5, 5.41) is 6.51. The molecule has 5 nitrogen and oxygen atoms in total. The summed E-state index contributed by atoms with van der Waals surface area (Å²) in [6, 6.07) is 0. The van der Waals surface area contributed by atoms with Gasteiger partial charge in [-0.1, -0.05) is 13.3 Å². The molecule has 0 aromatic rings. The van der Waals surface area contributed by atoms with Crippen molar-refractivity contribution in [2.24, 2.45) is 4.99 Å². The van der Waals surface area contributed by atoms with Gasteiger partial charge >= 0.3 is 0 Å². The maximum atomic E-state index is 5.51. The van der Waals surface area contributed by atoms with Crippen LogP contribution < -0.4 is 10.6 Å². The fourth-order valence-electron chi connectivity index (χ4n) is 1.55. The normalized spacial score (nSPS) is 11.1. The monoisotopic (exact) mass is 447 g/mol. The number of unbranched alkanes of at least 4 members (excludes halogenated alkanes) is 1. The maximum Gasteiger partial charge on any atom is 0.191 e. The standard InChI is InChI=1S/C15H33N3O2S.HI/c1-4-6-10-19-12-13-20-11-9-18-15(16-5-2)17-8-7-14-21-3;/h4-14H2,1-3H3,(H2,16,17,18);1H. The first-order valence-corrected chi connectivity index (χ1v) is 9.41. The highest BCUT2D eigenvalue weighted by atomic mass is 127. The minimum Gasteiger partial charge on any atom is -0.379 e. The number of thioether (sulfide) groups is 1. The molecular formula is C15H34IN3O2S. The van der Waals surface area contributed by atoms with Crippen LogP contribution in [0.25, 0.3) is 0 Å². The summed E-state index contributed by atoms with van der Waals surface area (Å²) in [4.78, 5) is 4.52. The van der Waals surface area contributed by atoms with Gasteiger partial charge in [-0.2, -0.15) is 11.8 Å². The van der Waals surface area contributed by atoms with Crippen LogP contribution in [0.2, 0.25) is 0 Å². The summed E-state index contributed by atoms with van der Waals surface area (Å²) >= 11 is 1.86. The zero-order chi connectivity index (χ0) is 15.6. The van der Waals surface area contributed by atoms with Crippen molar-refractivity contribution < 1.29 is 9.47 Å². The fraction of sp³-hybridized carbons (Fsp3) is 0.933. The Morgan fingerprint density at radius 2 is 1.73 bits per heavy atom.